The normalized spacial score (nSPS) is 12.4. The molecule has 2 N–H and O–H groups in total. The highest BCUT2D eigenvalue weighted by molar-refractivity contribution is 7.99. The lowest BCUT2D eigenvalue weighted by atomic mass is 10.1. The molecule has 0 unspecified atom stereocenters. The molecule has 0 atom stereocenters. The fraction of sp³-hybridized carbons (Fsp3) is 0.259. The fourth-order valence-corrected chi connectivity index (χ4v) is 4.67. The quantitative estimate of drug-likeness (QED) is 0.439. The van der Waals surface area contributed by atoms with E-state index in [1.807, 2.05) is 48.5 Å². The molecule has 0 spiro atoms. The van der Waals surface area contributed by atoms with Crippen molar-refractivity contribution < 1.29 is 14.3 Å². The minimum absolute atomic E-state index is 0.162. The second-order valence-corrected chi connectivity index (χ2v) is 9.50. The second-order valence-electron chi connectivity index (χ2n) is 8.42. The van der Waals surface area contributed by atoms with Crippen molar-refractivity contribution in [1.82, 2.24) is 10.2 Å². The van der Waals surface area contributed by atoms with Crippen molar-refractivity contribution in [2.45, 2.75) is 22.6 Å². The molecular formula is C27H29N3O3S. The van der Waals surface area contributed by atoms with Gasteiger partial charge in [-0.2, -0.15) is 0 Å². The number of ether oxygens (including phenoxy) is 1. The van der Waals surface area contributed by atoms with E-state index in [0.29, 0.717) is 30.0 Å². The molecular weight excluding hydrogens is 446 g/mol. The minimum Gasteiger partial charge on any atom is -0.494 e. The minimum atomic E-state index is -0.162. The Balaban J connectivity index is 1.29. The van der Waals surface area contributed by atoms with Crippen LogP contribution in [0.25, 0.3) is 0 Å². The van der Waals surface area contributed by atoms with E-state index >= 15 is 0 Å². The summed E-state index contributed by atoms with van der Waals surface area (Å²) in [6.07, 6.45) is 1.71. The number of amides is 2. The number of hydrogen-bond acceptors (Lipinski definition) is 5. The van der Waals surface area contributed by atoms with Gasteiger partial charge in [0.05, 0.1) is 17.9 Å². The highest BCUT2D eigenvalue weighted by Crippen LogP contribution is 2.38. The first-order chi connectivity index (χ1) is 16.5. The zero-order chi connectivity index (χ0) is 23.9. The number of hydrogen-bond donors (Lipinski definition) is 2. The van der Waals surface area contributed by atoms with E-state index in [1.165, 1.54) is 11.8 Å². The summed E-state index contributed by atoms with van der Waals surface area (Å²) in [5.41, 5.74) is 2.94. The molecule has 1 aliphatic heterocycles. The van der Waals surface area contributed by atoms with Gasteiger partial charge in [0.1, 0.15) is 5.75 Å². The van der Waals surface area contributed by atoms with Gasteiger partial charge >= 0.3 is 0 Å². The predicted molar refractivity (Wildman–Crippen MR) is 136 cm³/mol. The number of rotatable bonds is 9. The predicted octanol–water partition coefficient (Wildman–Crippen LogP) is 4.71. The van der Waals surface area contributed by atoms with Crippen LogP contribution in [0, 0.1) is 0 Å². The Morgan fingerprint density at radius 1 is 1.03 bits per heavy atom. The van der Waals surface area contributed by atoms with E-state index in [2.05, 4.69) is 29.6 Å². The van der Waals surface area contributed by atoms with Crippen LogP contribution in [0.5, 0.6) is 5.75 Å². The van der Waals surface area contributed by atoms with Crippen LogP contribution in [-0.4, -0.2) is 50.5 Å². The number of benzene rings is 3. The number of nitrogens with zero attached hydrogens (tertiary/aromatic N) is 1. The summed E-state index contributed by atoms with van der Waals surface area (Å²) < 4.78 is 5.77. The molecule has 0 bridgehead atoms. The van der Waals surface area contributed by atoms with Gasteiger partial charge in [0.25, 0.3) is 11.8 Å². The molecule has 0 saturated heterocycles. The van der Waals surface area contributed by atoms with Crippen LogP contribution in [0.3, 0.4) is 0 Å². The van der Waals surface area contributed by atoms with Crippen molar-refractivity contribution >= 4 is 29.3 Å². The van der Waals surface area contributed by atoms with Gasteiger partial charge < -0.3 is 20.3 Å². The third-order valence-electron chi connectivity index (χ3n) is 5.48. The molecule has 0 saturated carbocycles. The van der Waals surface area contributed by atoms with Gasteiger partial charge in [-0.15, -0.1) is 0 Å². The summed E-state index contributed by atoms with van der Waals surface area (Å²) in [5, 5.41) is 5.90. The molecule has 1 aliphatic rings. The standard InChI is InChI=1S/C27H29N3O3S/c1-30(2)16-5-17-33-21-11-8-19(9-12-21)14-15-28-26(31)20-10-13-25-23(18-20)29-27(32)22-6-3-4-7-24(22)34-25/h3-4,6-13,18H,5,14-17H2,1-2H3,(H,28,31)(H,29,32). The SMILES string of the molecule is CN(C)CCCOc1ccc(CCNC(=O)c2ccc3c(c2)NC(=O)c2ccccc2S3)cc1. The molecule has 0 aliphatic carbocycles. The van der Waals surface area contributed by atoms with E-state index in [4.69, 9.17) is 4.74 Å². The van der Waals surface area contributed by atoms with Crippen molar-refractivity contribution in [2.75, 3.05) is 39.1 Å². The molecule has 2 amide bonds. The smallest absolute Gasteiger partial charge is 0.256 e. The maximum absolute atomic E-state index is 12.7. The maximum Gasteiger partial charge on any atom is 0.256 e. The Morgan fingerprint density at radius 2 is 1.82 bits per heavy atom. The van der Waals surface area contributed by atoms with Crippen LogP contribution in [0.2, 0.25) is 0 Å². The zero-order valence-electron chi connectivity index (χ0n) is 19.5. The molecule has 7 heteroatoms. The second kappa shape index (κ2) is 11.2. The van der Waals surface area contributed by atoms with Crippen LogP contribution in [0.4, 0.5) is 5.69 Å². The number of fused-ring (bicyclic) bond motifs is 2. The van der Waals surface area contributed by atoms with E-state index in [9.17, 15) is 9.59 Å². The van der Waals surface area contributed by atoms with Crippen molar-refractivity contribution in [1.29, 1.82) is 0 Å². The van der Waals surface area contributed by atoms with Gasteiger partial charge in [-0.3, -0.25) is 9.59 Å². The first-order valence-electron chi connectivity index (χ1n) is 11.4. The number of carbonyl (C=O) groups is 2. The van der Waals surface area contributed by atoms with Gasteiger partial charge in [0.15, 0.2) is 0 Å². The van der Waals surface area contributed by atoms with E-state index in [-0.39, 0.29) is 11.8 Å². The van der Waals surface area contributed by atoms with Crippen molar-refractivity contribution in [3.05, 3.63) is 83.4 Å². The van der Waals surface area contributed by atoms with Gasteiger partial charge in [-0.05, 0) is 75.0 Å². The molecule has 1 heterocycles. The first-order valence-corrected chi connectivity index (χ1v) is 12.2. The Morgan fingerprint density at radius 3 is 2.62 bits per heavy atom. The lowest BCUT2D eigenvalue weighted by Crippen LogP contribution is -2.25. The largest absolute Gasteiger partial charge is 0.494 e. The van der Waals surface area contributed by atoms with E-state index in [1.54, 1.807) is 18.2 Å². The Hall–Kier alpha value is -3.29. The van der Waals surface area contributed by atoms with Crippen LogP contribution < -0.4 is 15.4 Å². The Labute approximate surface area is 204 Å². The highest BCUT2D eigenvalue weighted by atomic mass is 32.2. The molecule has 6 nitrogen and oxygen atoms in total. The summed E-state index contributed by atoms with van der Waals surface area (Å²) in [6.45, 7) is 2.21. The molecule has 3 aromatic rings. The summed E-state index contributed by atoms with van der Waals surface area (Å²) in [4.78, 5) is 29.2. The van der Waals surface area contributed by atoms with Gasteiger partial charge in [0.2, 0.25) is 0 Å². The Kier molecular flexibility index (Phi) is 7.87. The first kappa shape index (κ1) is 23.9. The fourth-order valence-electron chi connectivity index (χ4n) is 3.65. The molecule has 176 valence electrons. The molecule has 0 aromatic heterocycles. The molecule has 34 heavy (non-hydrogen) atoms. The average Bonchev–Trinajstić information content (AvgIpc) is 2.97. The van der Waals surface area contributed by atoms with Gasteiger partial charge in [-0.25, -0.2) is 0 Å². The summed E-state index contributed by atoms with van der Waals surface area (Å²) in [7, 11) is 4.10. The molecule has 0 fully saturated rings. The zero-order valence-corrected chi connectivity index (χ0v) is 20.3. The molecule has 3 aromatic carbocycles. The number of anilines is 1. The number of nitrogens with one attached hydrogen (secondary N) is 2. The Bertz CT molecular complexity index is 1160. The summed E-state index contributed by atoms with van der Waals surface area (Å²) in [5.74, 6) is 0.535. The van der Waals surface area contributed by atoms with Crippen molar-refractivity contribution in [2.24, 2.45) is 0 Å². The molecule has 0 radical (unpaired) electrons. The van der Waals surface area contributed by atoms with E-state index < -0.39 is 0 Å². The third-order valence-corrected chi connectivity index (χ3v) is 6.63. The third kappa shape index (κ3) is 6.18. The van der Waals surface area contributed by atoms with Crippen molar-refractivity contribution in [3.63, 3.8) is 0 Å². The monoisotopic (exact) mass is 475 g/mol. The van der Waals surface area contributed by atoms with Crippen LogP contribution >= 0.6 is 11.8 Å². The van der Waals surface area contributed by atoms with Crippen LogP contribution in [-0.2, 0) is 6.42 Å². The van der Waals surface area contributed by atoms with Gasteiger partial charge in [-0.1, -0.05) is 36.0 Å². The maximum atomic E-state index is 12.7. The lowest BCUT2D eigenvalue weighted by molar-refractivity contribution is 0.0952. The van der Waals surface area contributed by atoms with Crippen molar-refractivity contribution in [3.8, 4) is 5.75 Å². The number of carbonyl (C=O) groups excluding carboxylic acids is 2. The molecule has 4 rings (SSSR count). The summed E-state index contributed by atoms with van der Waals surface area (Å²) in [6, 6.07) is 20.9. The summed E-state index contributed by atoms with van der Waals surface area (Å²) >= 11 is 1.52. The average molecular weight is 476 g/mol. The lowest BCUT2D eigenvalue weighted by Gasteiger charge is -2.11. The van der Waals surface area contributed by atoms with Gasteiger partial charge in [0, 0.05) is 28.4 Å². The highest BCUT2D eigenvalue weighted by Gasteiger charge is 2.20. The topological polar surface area (TPSA) is 70.7 Å². The van der Waals surface area contributed by atoms with Crippen LogP contribution in [0.1, 0.15) is 32.7 Å². The van der Waals surface area contributed by atoms with Crippen LogP contribution in [0.15, 0.2) is 76.5 Å². The van der Waals surface area contributed by atoms with E-state index in [0.717, 1.165) is 40.5 Å².